The molecule has 1 N–H and O–H groups in total. The van der Waals surface area contributed by atoms with Crippen molar-refractivity contribution in [3.05, 3.63) is 29.8 Å². The minimum atomic E-state index is -4.26. The fraction of sp³-hybridized carbons (Fsp3) is 0.625. The molecule has 0 bridgehead atoms. The molecule has 1 unspecified atom stereocenters. The highest BCUT2D eigenvalue weighted by atomic mass is 19.4. The minimum absolute atomic E-state index is 0.576. The van der Waals surface area contributed by atoms with Gasteiger partial charge in [-0.15, -0.1) is 0 Å². The number of hydrogen-bond acceptors (Lipinski definition) is 2. The lowest BCUT2D eigenvalue weighted by Gasteiger charge is -2.34. The quantitative estimate of drug-likeness (QED) is 0.829. The summed E-state index contributed by atoms with van der Waals surface area (Å²) in [4.78, 5) is 2.20. The summed E-state index contributed by atoms with van der Waals surface area (Å²) in [6.45, 7) is 6.00. The van der Waals surface area contributed by atoms with E-state index in [2.05, 4.69) is 17.1 Å². The van der Waals surface area contributed by atoms with Gasteiger partial charge in [-0.2, -0.15) is 13.2 Å². The zero-order valence-electron chi connectivity index (χ0n) is 12.4. The number of anilines is 1. The molecule has 0 amide bonds. The van der Waals surface area contributed by atoms with Crippen LogP contribution in [0.2, 0.25) is 0 Å². The summed E-state index contributed by atoms with van der Waals surface area (Å²) < 4.78 is 37.7. The van der Waals surface area contributed by atoms with Gasteiger partial charge in [0.1, 0.15) is 0 Å². The van der Waals surface area contributed by atoms with Crippen molar-refractivity contribution in [2.75, 3.05) is 31.1 Å². The Balaban J connectivity index is 1.94. The fourth-order valence-electron chi connectivity index (χ4n) is 2.81. The van der Waals surface area contributed by atoms with Gasteiger partial charge in [0, 0.05) is 18.8 Å². The van der Waals surface area contributed by atoms with Crippen LogP contribution in [0.5, 0.6) is 0 Å². The van der Waals surface area contributed by atoms with Crippen LogP contribution < -0.4 is 10.2 Å². The summed E-state index contributed by atoms with van der Waals surface area (Å²) in [5.41, 5.74) is 0.313. The third-order valence-electron chi connectivity index (χ3n) is 3.94. The van der Waals surface area contributed by atoms with Crippen LogP contribution in [0.25, 0.3) is 0 Å². The maximum atomic E-state index is 12.6. The van der Waals surface area contributed by atoms with E-state index in [1.165, 1.54) is 18.6 Å². The van der Waals surface area contributed by atoms with Gasteiger partial charge in [0.2, 0.25) is 0 Å². The summed E-state index contributed by atoms with van der Waals surface area (Å²) in [5.74, 6) is 0.576. The Morgan fingerprint density at radius 1 is 1.24 bits per heavy atom. The van der Waals surface area contributed by atoms with Crippen molar-refractivity contribution < 1.29 is 13.2 Å². The number of halogens is 3. The van der Waals surface area contributed by atoms with E-state index >= 15 is 0 Å². The largest absolute Gasteiger partial charge is 0.416 e. The fourth-order valence-corrected chi connectivity index (χ4v) is 2.81. The number of benzene rings is 1. The molecule has 1 aromatic rings. The van der Waals surface area contributed by atoms with Crippen molar-refractivity contribution >= 4 is 5.69 Å². The average molecular weight is 300 g/mol. The molecular formula is C16H23F3N2. The second-order valence-electron chi connectivity index (χ2n) is 5.70. The number of nitrogens with one attached hydrogen (secondary N) is 1. The third kappa shape index (κ3) is 4.63. The average Bonchev–Trinajstić information content (AvgIpc) is 2.47. The molecule has 1 aromatic carbocycles. The smallest absolute Gasteiger partial charge is 0.371 e. The van der Waals surface area contributed by atoms with E-state index in [0.717, 1.165) is 44.7 Å². The molecule has 0 aliphatic carbocycles. The van der Waals surface area contributed by atoms with Crippen LogP contribution in [0, 0.1) is 5.92 Å². The first-order chi connectivity index (χ1) is 10.0. The van der Waals surface area contributed by atoms with E-state index in [1.807, 2.05) is 0 Å². The van der Waals surface area contributed by atoms with Crippen LogP contribution in [0.4, 0.5) is 18.9 Å². The van der Waals surface area contributed by atoms with Crippen molar-refractivity contribution in [3.8, 4) is 0 Å². The first-order valence-electron chi connectivity index (χ1n) is 7.63. The lowest BCUT2D eigenvalue weighted by molar-refractivity contribution is -0.137. The monoisotopic (exact) mass is 300 g/mol. The number of nitrogens with zero attached hydrogens (tertiary/aromatic N) is 1. The van der Waals surface area contributed by atoms with Gasteiger partial charge >= 0.3 is 6.18 Å². The van der Waals surface area contributed by atoms with Crippen molar-refractivity contribution in [1.29, 1.82) is 0 Å². The van der Waals surface area contributed by atoms with E-state index in [9.17, 15) is 13.2 Å². The van der Waals surface area contributed by atoms with E-state index in [0.29, 0.717) is 5.92 Å². The number of piperidine rings is 1. The summed E-state index contributed by atoms with van der Waals surface area (Å²) in [6.07, 6.45) is -0.851. The molecule has 1 aliphatic heterocycles. The predicted octanol–water partition coefficient (Wildman–Crippen LogP) is 3.92. The second kappa shape index (κ2) is 7.16. The van der Waals surface area contributed by atoms with Crippen molar-refractivity contribution in [2.45, 2.75) is 32.4 Å². The molecule has 0 spiro atoms. The van der Waals surface area contributed by atoms with Gasteiger partial charge in [-0.25, -0.2) is 0 Å². The third-order valence-corrected chi connectivity index (χ3v) is 3.94. The highest BCUT2D eigenvalue weighted by Gasteiger charge is 2.30. The van der Waals surface area contributed by atoms with Gasteiger partial charge in [-0.3, -0.25) is 0 Å². The molecule has 1 saturated heterocycles. The molecule has 5 heteroatoms. The number of alkyl halides is 3. The molecule has 2 rings (SSSR count). The molecule has 0 radical (unpaired) electrons. The summed E-state index contributed by atoms with van der Waals surface area (Å²) in [5, 5.41) is 3.43. The van der Waals surface area contributed by atoms with Gasteiger partial charge in [0.15, 0.2) is 0 Å². The van der Waals surface area contributed by atoms with E-state index in [-0.39, 0.29) is 0 Å². The standard InChI is InChI=1S/C16H23F3N2/c1-2-9-20-11-13-4-3-10-21(12-13)15-7-5-14(6-8-15)16(17,18)19/h5-8,13,20H,2-4,9-12H2,1H3. The van der Waals surface area contributed by atoms with Crippen LogP contribution in [-0.4, -0.2) is 26.2 Å². The highest BCUT2D eigenvalue weighted by molar-refractivity contribution is 5.48. The lowest BCUT2D eigenvalue weighted by atomic mass is 9.97. The maximum Gasteiger partial charge on any atom is 0.416 e. The maximum absolute atomic E-state index is 12.6. The predicted molar refractivity (Wildman–Crippen MR) is 79.5 cm³/mol. The number of rotatable bonds is 5. The van der Waals surface area contributed by atoms with Crippen LogP contribution in [0.3, 0.4) is 0 Å². The molecule has 1 aliphatic rings. The van der Waals surface area contributed by atoms with Crippen molar-refractivity contribution in [1.82, 2.24) is 5.32 Å². The molecule has 1 atom stereocenters. The Hall–Kier alpha value is -1.23. The first-order valence-corrected chi connectivity index (χ1v) is 7.63. The normalized spacial score (nSPS) is 19.8. The van der Waals surface area contributed by atoms with Gasteiger partial charge < -0.3 is 10.2 Å². The zero-order chi connectivity index (χ0) is 15.3. The Morgan fingerprint density at radius 2 is 1.95 bits per heavy atom. The molecule has 0 saturated carbocycles. The summed E-state index contributed by atoms with van der Waals surface area (Å²) in [7, 11) is 0. The second-order valence-corrected chi connectivity index (χ2v) is 5.70. The molecule has 21 heavy (non-hydrogen) atoms. The van der Waals surface area contributed by atoms with Crippen LogP contribution in [-0.2, 0) is 6.18 Å². The molecular weight excluding hydrogens is 277 g/mol. The van der Waals surface area contributed by atoms with Crippen LogP contribution in [0.1, 0.15) is 31.7 Å². The Bertz CT molecular complexity index is 428. The molecule has 2 nitrogen and oxygen atoms in total. The van der Waals surface area contributed by atoms with E-state index in [4.69, 9.17) is 0 Å². The van der Waals surface area contributed by atoms with Crippen molar-refractivity contribution in [3.63, 3.8) is 0 Å². The van der Waals surface area contributed by atoms with Gasteiger partial charge in [0.25, 0.3) is 0 Å². The van der Waals surface area contributed by atoms with E-state index < -0.39 is 11.7 Å². The van der Waals surface area contributed by atoms with Gasteiger partial charge in [-0.05, 0) is 62.5 Å². The van der Waals surface area contributed by atoms with Gasteiger partial charge in [0.05, 0.1) is 5.56 Å². The molecule has 1 fully saturated rings. The molecule has 0 aromatic heterocycles. The molecule has 118 valence electrons. The SMILES string of the molecule is CCCNCC1CCCN(c2ccc(C(F)(F)F)cc2)C1. The van der Waals surface area contributed by atoms with Gasteiger partial charge in [-0.1, -0.05) is 6.92 Å². The van der Waals surface area contributed by atoms with Crippen molar-refractivity contribution in [2.24, 2.45) is 5.92 Å². The first kappa shape index (κ1) is 16.1. The topological polar surface area (TPSA) is 15.3 Å². The molecule has 1 heterocycles. The van der Waals surface area contributed by atoms with Crippen LogP contribution >= 0.6 is 0 Å². The Labute approximate surface area is 124 Å². The summed E-state index contributed by atoms with van der Waals surface area (Å²) >= 11 is 0. The minimum Gasteiger partial charge on any atom is -0.371 e. The highest BCUT2D eigenvalue weighted by Crippen LogP contribution is 2.31. The zero-order valence-corrected chi connectivity index (χ0v) is 12.4. The number of hydrogen-bond donors (Lipinski definition) is 1. The van der Waals surface area contributed by atoms with Crippen LogP contribution in [0.15, 0.2) is 24.3 Å². The van der Waals surface area contributed by atoms with E-state index in [1.54, 1.807) is 12.1 Å². The Kier molecular flexibility index (Phi) is 5.51. The Morgan fingerprint density at radius 3 is 2.57 bits per heavy atom. The summed E-state index contributed by atoms with van der Waals surface area (Å²) in [6, 6.07) is 5.53. The lowest BCUT2D eigenvalue weighted by Crippen LogP contribution is -2.39.